The van der Waals surface area contributed by atoms with E-state index in [0.717, 1.165) is 18.5 Å². The van der Waals surface area contributed by atoms with Gasteiger partial charge in [0.2, 0.25) is 0 Å². The molecule has 0 aliphatic carbocycles. The molecule has 0 saturated heterocycles. The molecular formula is C21H35N2NaO3S. The van der Waals surface area contributed by atoms with Crippen LogP contribution in [0, 0.1) is 0 Å². The minimum atomic E-state index is -4.40. The summed E-state index contributed by atoms with van der Waals surface area (Å²) in [4.78, 5) is -0.179. The average molecular weight is 419 g/mol. The molecular weight excluding hydrogens is 383 g/mol. The first kappa shape index (κ1) is 25.8. The molecule has 1 aliphatic heterocycles. The van der Waals surface area contributed by atoms with Crippen LogP contribution in [0.5, 0.6) is 0 Å². The van der Waals surface area contributed by atoms with Crippen molar-refractivity contribution >= 4 is 21.5 Å². The molecule has 1 heterocycles. The Labute approximate surface area is 193 Å². The minimum Gasteiger partial charge on any atom is -0.744 e. The largest absolute Gasteiger partial charge is 1.00 e. The zero-order valence-corrected chi connectivity index (χ0v) is 20.5. The van der Waals surface area contributed by atoms with Gasteiger partial charge in [-0.1, -0.05) is 77.6 Å². The fraction of sp³-hybridized carbons (Fsp3) is 0.714. The summed E-state index contributed by atoms with van der Waals surface area (Å²) in [6.07, 6.45) is 17.1. The van der Waals surface area contributed by atoms with Crippen LogP contribution < -0.4 is 40.2 Å². The molecule has 154 valence electrons. The Morgan fingerprint density at radius 1 is 0.821 bits per heavy atom. The van der Waals surface area contributed by atoms with Crippen LogP contribution in [0.1, 0.15) is 90.4 Å². The van der Waals surface area contributed by atoms with E-state index in [2.05, 4.69) is 17.6 Å². The van der Waals surface area contributed by atoms with Crippen LogP contribution in [0.15, 0.2) is 23.1 Å². The van der Waals surface area contributed by atoms with Gasteiger partial charge in [0.05, 0.1) is 22.4 Å². The van der Waals surface area contributed by atoms with E-state index in [9.17, 15) is 13.0 Å². The second-order valence-corrected chi connectivity index (χ2v) is 9.06. The molecule has 1 aromatic carbocycles. The number of unbranched alkanes of at least 4 members (excludes halogenated alkanes) is 11. The summed E-state index contributed by atoms with van der Waals surface area (Å²) >= 11 is 0. The first-order valence-electron chi connectivity index (χ1n) is 10.6. The van der Waals surface area contributed by atoms with Crippen LogP contribution in [-0.2, 0) is 10.1 Å². The van der Waals surface area contributed by atoms with Gasteiger partial charge in [-0.3, -0.25) is 0 Å². The van der Waals surface area contributed by atoms with Gasteiger partial charge in [-0.05, 0) is 31.0 Å². The smallest absolute Gasteiger partial charge is 0.744 e. The number of hydrogen-bond acceptors (Lipinski definition) is 5. The van der Waals surface area contributed by atoms with Gasteiger partial charge in [-0.25, -0.2) is 8.42 Å². The summed E-state index contributed by atoms with van der Waals surface area (Å²) < 4.78 is 33.3. The topological polar surface area (TPSA) is 81.3 Å². The number of hydrogen-bond donors (Lipinski definition) is 2. The van der Waals surface area contributed by atoms with E-state index < -0.39 is 10.1 Å². The van der Waals surface area contributed by atoms with Gasteiger partial charge < -0.3 is 15.2 Å². The van der Waals surface area contributed by atoms with E-state index in [-0.39, 0.29) is 40.6 Å². The average Bonchev–Trinajstić information content (AvgIpc) is 3.04. The van der Waals surface area contributed by atoms with Crippen molar-refractivity contribution in [1.82, 2.24) is 0 Å². The normalized spacial score (nSPS) is 15.4. The number of anilines is 2. The van der Waals surface area contributed by atoms with Gasteiger partial charge in [0, 0.05) is 0 Å². The van der Waals surface area contributed by atoms with Crippen molar-refractivity contribution in [3.8, 4) is 0 Å². The third kappa shape index (κ3) is 9.49. The van der Waals surface area contributed by atoms with Gasteiger partial charge in [0.15, 0.2) is 0 Å². The van der Waals surface area contributed by atoms with Crippen molar-refractivity contribution in [3.63, 3.8) is 0 Å². The van der Waals surface area contributed by atoms with E-state index in [1.165, 1.54) is 82.8 Å². The Bertz CT molecular complexity index is 668. The molecule has 0 aromatic heterocycles. The van der Waals surface area contributed by atoms with E-state index in [1.807, 2.05) is 0 Å². The maximum atomic E-state index is 11.1. The Morgan fingerprint density at radius 3 is 1.86 bits per heavy atom. The third-order valence-corrected chi connectivity index (χ3v) is 6.12. The van der Waals surface area contributed by atoms with Gasteiger partial charge in [0.1, 0.15) is 10.1 Å². The summed E-state index contributed by atoms with van der Waals surface area (Å²) in [7, 11) is -4.40. The van der Waals surface area contributed by atoms with Gasteiger partial charge in [0.25, 0.3) is 0 Å². The molecule has 5 nitrogen and oxygen atoms in total. The molecule has 1 atom stereocenters. The number of fused-ring (bicyclic) bond motifs is 1. The Balaban J connectivity index is 0.00000392. The monoisotopic (exact) mass is 418 g/mol. The van der Waals surface area contributed by atoms with Gasteiger partial charge >= 0.3 is 29.6 Å². The fourth-order valence-corrected chi connectivity index (χ4v) is 4.17. The summed E-state index contributed by atoms with van der Waals surface area (Å²) in [5, 5.41) is 6.62. The molecule has 2 N–H and O–H groups in total. The zero-order valence-electron chi connectivity index (χ0n) is 17.6. The zero-order chi connectivity index (χ0) is 19.5. The molecule has 1 aromatic rings. The molecule has 0 radical (unpaired) electrons. The minimum absolute atomic E-state index is 0. The third-order valence-electron chi connectivity index (χ3n) is 5.29. The van der Waals surface area contributed by atoms with Crippen molar-refractivity contribution in [1.29, 1.82) is 0 Å². The van der Waals surface area contributed by atoms with Gasteiger partial charge in [-0.2, -0.15) is 0 Å². The fourth-order valence-electron chi connectivity index (χ4n) is 3.67. The number of nitrogens with one attached hydrogen (secondary N) is 2. The predicted octanol–water partition coefficient (Wildman–Crippen LogP) is 2.85. The Morgan fingerprint density at radius 2 is 1.32 bits per heavy atom. The Kier molecular flexibility index (Phi) is 12.8. The van der Waals surface area contributed by atoms with Crippen molar-refractivity contribution < 1.29 is 42.5 Å². The van der Waals surface area contributed by atoms with Crippen LogP contribution in [0.25, 0.3) is 0 Å². The standard InChI is InChI=1S/C21H36N2O3S.Na/c1-2-3-4-5-6-7-8-9-10-11-12-13-14-21-22-19-16-15-18(27(24,25)26)17-20(19)23-21;/h15-17,21-23H,2-14H2,1H3,(H,24,25,26);/q;+1/p-1. The second-order valence-electron chi connectivity index (χ2n) is 7.68. The molecule has 28 heavy (non-hydrogen) atoms. The van der Waals surface area contributed by atoms with Crippen molar-refractivity contribution in [2.24, 2.45) is 0 Å². The molecule has 0 bridgehead atoms. The predicted molar refractivity (Wildman–Crippen MR) is 111 cm³/mol. The van der Waals surface area contributed by atoms with Crippen molar-refractivity contribution in [3.05, 3.63) is 18.2 Å². The van der Waals surface area contributed by atoms with Crippen LogP contribution in [0.4, 0.5) is 11.4 Å². The number of benzene rings is 1. The molecule has 1 aliphatic rings. The molecule has 0 fully saturated rings. The van der Waals surface area contributed by atoms with Crippen molar-refractivity contribution in [2.75, 3.05) is 10.6 Å². The molecule has 0 amide bonds. The summed E-state index contributed by atoms with van der Waals surface area (Å²) in [6, 6.07) is 4.45. The molecule has 0 spiro atoms. The summed E-state index contributed by atoms with van der Waals surface area (Å²) in [5.74, 6) is 0. The maximum Gasteiger partial charge on any atom is 1.00 e. The van der Waals surface area contributed by atoms with E-state index in [0.29, 0.717) is 5.69 Å². The van der Waals surface area contributed by atoms with E-state index >= 15 is 0 Å². The quantitative estimate of drug-likeness (QED) is 0.276. The summed E-state index contributed by atoms with van der Waals surface area (Å²) in [5.41, 5.74) is 1.57. The van der Waals surface area contributed by atoms with Crippen LogP contribution >= 0.6 is 0 Å². The maximum absolute atomic E-state index is 11.1. The first-order valence-corrected chi connectivity index (χ1v) is 12.0. The number of rotatable bonds is 14. The molecule has 7 heteroatoms. The van der Waals surface area contributed by atoms with Gasteiger partial charge in [-0.15, -0.1) is 0 Å². The van der Waals surface area contributed by atoms with Crippen LogP contribution in [0.3, 0.4) is 0 Å². The summed E-state index contributed by atoms with van der Waals surface area (Å²) in [6.45, 7) is 2.26. The molecule has 1 unspecified atom stereocenters. The van der Waals surface area contributed by atoms with Crippen molar-refractivity contribution in [2.45, 2.75) is 101 Å². The molecule has 2 rings (SSSR count). The van der Waals surface area contributed by atoms with E-state index in [4.69, 9.17) is 0 Å². The second kappa shape index (κ2) is 13.9. The van der Waals surface area contributed by atoms with E-state index in [1.54, 1.807) is 6.07 Å². The first-order chi connectivity index (χ1) is 13.0. The Hall–Kier alpha value is -0.270. The molecule has 0 saturated carbocycles. The van der Waals surface area contributed by atoms with Crippen LogP contribution in [0.2, 0.25) is 0 Å². The SMILES string of the molecule is CCCCCCCCCCCCCCC1Nc2ccc(S(=O)(=O)[O-])cc2N1.[Na+]. The van der Waals surface area contributed by atoms with Crippen LogP contribution in [-0.4, -0.2) is 19.1 Å².